The summed E-state index contributed by atoms with van der Waals surface area (Å²) in [6.45, 7) is 0.754. The molecule has 1 aromatic carbocycles. The Morgan fingerprint density at radius 3 is 2.64 bits per heavy atom. The normalized spacial score (nSPS) is 22.3. The number of rotatable bonds is 1. The smallest absolute Gasteiger partial charge is 0.136 e. The second kappa shape index (κ2) is 3.80. The summed E-state index contributed by atoms with van der Waals surface area (Å²) in [6, 6.07) is 7.13. The Labute approximate surface area is 82.8 Å². The van der Waals surface area contributed by atoms with E-state index in [-0.39, 0.29) is 11.8 Å². The van der Waals surface area contributed by atoms with Crippen LogP contribution in [0.25, 0.3) is 0 Å². The van der Waals surface area contributed by atoms with Crippen molar-refractivity contribution in [1.29, 1.82) is 0 Å². The maximum Gasteiger partial charge on any atom is 0.136 e. The Balaban J connectivity index is 2.14. The maximum atomic E-state index is 11.2. The first kappa shape index (κ1) is 9.21. The van der Waals surface area contributed by atoms with Gasteiger partial charge in [-0.05, 0) is 17.7 Å². The first-order chi connectivity index (χ1) is 6.75. The number of carbonyl (C=O) groups excluding carboxylic acids is 1. The first-order valence-corrected chi connectivity index (χ1v) is 4.80. The third-order valence-corrected chi connectivity index (χ3v) is 2.52. The van der Waals surface area contributed by atoms with Crippen molar-refractivity contribution < 1.29 is 9.90 Å². The third kappa shape index (κ3) is 1.93. The van der Waals surface area contributed by atoms with Crippen molar-refractivity contribution in [2.24, 2.45) is 0 Å². The van der Waals surface area contributed by atoms with Crippen molar-refractivity contribution in [2.75, 3.05) is 6.54 Å². The number of ketones is 1. The largest absolute Gasteiger partial charge is 0.508 e. The van der Waals surface area contributed by atoms with Gasteiger partial charge in [-0.15, -0.1) is 0 Å². The molecule has 1 aliphatic heterocycles. The minimum atomic E-state index is 0.122. The van der Waals surface area contributed by atoms with Crippen LogP contribution in [0.15, 0.2) is 24.3 Å². The van der Waals surface area contributed by atoms with Crippen molar-refractivity contribution in [3.05, 3.63) is 29.8 Å². The Morgan fingerprint density at radius 2 is 2.00 bits per heavy atom. The van der Waals surface area contributed by atoms with Gasteiger partial charge in [-0.1, -0.05) is 12.1 Å². The summed E-state index contributed by atoms with van der Waals surface area (Å²) < 4.78 is 0. The number of phenols is 1. The van der Waals surface area contributed by atoms with E-state index >= 15 is 0 Å². The van der Waals surface area contributed by atoms with Crippen molar-refractivity contribution in [3.63, 3.8) is 0 Å². The van der Waals surface area contributed by atoms with E-state index in [1.807, 2.05) is 12.1 Å². The van der Waals surface area contributed by atoms with Crippen LogP contribution in [0.2, 0.25) is 0 Å². The molecule has 2 rings (SSSR count). The summed E-state index contributed by atoms with van der Waals surface area (Å²) in [5, 5.41) is 12.4. The summed E-state index contributed by atoms with van der Waals surface area (Å²) in [7, 11) is 0. The van der Waals surface area contributed by atoms with Gasteiger partial charge in [0.1, 0.15) is 11.5 Å². The van der Waals surface area contributed by atoms with Gasteiger partial charge in [-0.25, -0.2) is 0 Å². The highest BCUT2D eigenvalue weighted by Crippen LogP contribution is 2.22. The van der Waals surface area contributed by atoms with Crippen LogP contribution in [0.3, 0.4) is 0 Å². The predicted molar refractivity (Wildman–Crippen MR) is 53.1 cm³/mol. The molecule has 74 valence electrons. The highest BCUT2D eigenvalue weighted by Gasteiger charge is 2.19. The molecule has 0 spiro atoms. The molecular weight excluding hydrogens is 178 g/mol. The number of carbonyl (C=O) groups is 1. The van der Waals surface area contributed by atoms with E-state index in [1.54, 1.807) is 12.1 Å². The molecule has 1 aliphatic rings. The van der Waals surface area contributed by atoms with Crippen LogP contribution in [0.1, 0.15) is 24.4 Å². The average molecular weight is 191 g/mol. The van der Waals surface area contributed by atoms with E-state index in [4.69, 9.17) is 5.11 Å². The van der Waals surface area contributed by atoms with E-state index in [0.29, 0.717) is 18.6 Å². The van der Waals surface area contributed by atoms with Crippen molar-refractivity contribution in [1.82, 2.24) is 5.32 Å². The summed E-state index contributed by atoms with van der Waals surface area (Å²) in [6.07, 6.45) is 1.19. The fourth-order valence-corrected chi connectivity index (χ4v) is 1.73. The first-order valence-electron chi connectivity index (χ1n) is 4.80. The molecule has 0 amide bonds. The highest BCUT2D eigenvalue weighted by molar-refractivity contribution is 5.80. The Morgan fingerprint density at radius 1 is 1.29 bits per heavy atom. The van der Waals surface area contributed by atoms with Gasteiger partial charge in [0.05, 0.1) is 0 Å². The molecule has 0 aliphatic carbocycles. The lowest BCUT2D eigenvalue weighted by atomic mass is 9.97. The summed E-state index contributed by atoms with van der Waals surface area (Å²) in [5.41, 5.74) is 1.07. The number of nitrogens with one attached hydrogen (secondary N) is 1. The summed E-state index contributed by atoms with van der Waals surface area (Å²) >= 11 is 0. The molecule has 1 aromatic rings. The Hall–Kier alpha value is -1.35. The van der Waals surface area contributed by atoms with Crippen LogP contribution < -0.4 is 5.32 Å². The molecule has 0 bridgehead atoms. The lowest BCUT2D eigenvalue weighted by Gasteiger charge is -2.22. The van der Waals surface area contributed by atoms with Gasteiger partial charge in [-0.3, -0.25) is 4.79 Å². The fraction of sp³-hybridized carbons (Fsp3) is 0.364. The quantitative estimate of drug-likeness (QED) is 0.705. The number of phenolic OH excluding ortho intramolecular Hbond substituents is 1. The lowest BCUT2D eigenvalue weighted by molar-refractivity contribution is -0.120. The van der Waals surface area contributed by atoms with Gasteiger partial charge in [-0.2, -0.15) is 0 Å². The lowest BCUT2D eigenvalue weighted by Crippen LogP contribution is -2.31. The molecule has 1 atom stereocenters. The van der Waals surface area contributed by atoms with E-state index in [2.05, 4.69) is 5.32 Å². The third-order valence-electron chi connectivity index (χ3n) is 2.52. The standard InChI is InChI=1S/C11H13NO2/c13-9-3-1-8(2-4-9)11-7-10(14)5-6-12-11/h1-4,11-13H,5-7H2. The van der Waals surface area contributed by atoms with Gasteiger partial charge in [0.15, 0.2) is 0 Å². The van der Waals surface area contributed by atoms with Crippen LogP contribution in [0, 0.1) is 0 Å². The number of piperidine rings is 1. The van der Waals surface area contributed by atoms with E-state index in [9.17, 15) is 4.79 Å². The van der Waals surface area contributed by atoms with Crippen molar-refractivity contribution in [3.8, 4) is 5.75 Å². The molecule has 3 heteroatoms. The fourth-order valence-electron chi connectivity index (χ4n) is 1.73. The van der Waals surface area contributed by atoms with Gasteiger partial charge < -0.3 is 10.4 Å². The van der Waals surface area contributed by atoms with Gasteiger partial charge >= 0.3 is 0 Å². The highest BCUT2D eigenvalue weighted by atomic mass is 16.3. The zero-order valence-electron chi connectivity index (χ0n) is 7.86. The maximum absolute atomic E-state index is 11.2. The van der Waals surface area contributed by atoms with E-state index in [0.717, 1.165) is 12.1 Å². The molecule has 1 unspecified atom stereocenters. The van der Waals surface area contributed by atoms with Gasteiger partial charge in [0.2, 0.25) is 0 Å². The van der Waals surface area contributed by atoms with Crippen LogP contribution >= 0.6 is 0 Å². The average Bonchev–Trinajstić information content (AvgIpc) is 2.19. The van der Waals surface area contributed by atoms with Gasteiger partial charge in [0.25, 0.3) is 0 Å². The van der Waals surface area contributed by atoms with Crippen LogP contribution in [0.4, 0.5) is 0 Å². The zero-order valence-corrected chi connectivity index (χ0v) is 7.86. The van der Waals surface area contributed by atoms with Crippen molar-refractivity contribution >= 4 is 5.78 Å². The Kier molecular flexibility index (Phi) is 2.50. The molecule has 0 saturated carbocycles. The molecule has 1 heterocycles. The molecule has 0 aromatic heterocycles. The minimum Gasteiger partial charge on any atom is -0.508 e. The number of hydrogen-bond donors (Lipinski definition) is 2. The SMILES string of the molecule is O=C1CCNC(c2ccc(O)cc2)C1. The van der Waals surface area contributed by atoms with Crippen LogP contribution in [-0.4, -0.2) is 17.4 Å². The number of Topliss-reactive ketones (excluding diaryl/α,β-unsaturated/α-hetero) is 1. The van der Waals surface area contributed by atoms with Gasteiger partial charge in [0, 0.05) is 25.4 Å². The molecule has 0 radical (unpaired) electrons. The Bertz CT molecular complexity index is 332. The summed E-state index contributed by atoms with van der Waals surface area (Å²) in [4.78, 5) is 11.2. The molecular formula is C11H13NO2. The molecule has 3 nitrogen and oxygen atoms in total. The number of benzene rings is 1. The van der Waals surface area contributed by atoms with E-state index in [1.165, 1.54) is 0 Å². The number of aromatic hydroxyl groups is 1. The van der Waals surface area contributed by atoms with E-state index < -0.39 is 0 Å². The minimum absolute atomic E-state index is 0.122. The predicted octanol–water partition coefficient (Wildman–Crippen LogP) is 1.39. The topological polar surface area (TPSA) is 49.3 Å². The molecule has 1 saturated heterocycles. The number of hydrogen-bond acceptors (Lipinski definition) is 3. The second-order valence-corrected chi connectivity index (χ2v) is 3.59. The zero-order chi connectivity index (χ0) is 9.97. The van der Waals surface area contributed by atoms with Crippen LogP contribution in [0.5, 0.6) is 5.75 Å². The molecule has 1 fully saturated rings. The molecule has 14 heavy (non-hydrogen) atoms. The second-order valence-electron chi connectivity index (χ2n) is 3.59. The van der Waals surface area contributed by atoms with Crippen molar-refractivity contribution in [2.45, 2.75) is 18.9 Å². The molecule has 2 N–H and O–H groups in total. The summed E-state index contributed by atoms with van der Waals surface area (Å²) in [5.74, 6) is 0.567. The monoisotopic (exact) mass is 191 g/mol. The van der Waals surface area contributed by atoms with Crippen LogP contribution in [-0.2, 0) is 4.79 Å².